The normalized spacial score (nSPS) is 10.5. The first-order valence-electron chi connectivity index (χ1n) is 7.12. The molecule has 0 atom stereocenters. The third-order valence-corrected chi connectivity index (χ3v) is 3.45. The van der Waals surface area contributed by atoms with E-state index >= 15 is 0 Å². The van der Waals surface area contributed by atoms with Crippen molar-refractivity contribution in [3.05, 3.63) is 64.7 Å². The summed E-state index contributed by atoms with van der Waals surface area (Å²) in [5, 5.41) is 8.52. The number of rotatable bonds is 5. The van der Waals surface area contributed by atoms with Crippen LogP contribution in [0.3, 0.4) is 0 Å². The lowest BCUT2D eigenvalue weighted by molar-refractivity contribution is 0.0734. The van der Waals surface area contributed by atoms with Crippen LogP contribution in [0.15, 0.2) is 48.5 Å². The van der Waals surface area contributed by atoms with E-state index in [0.29, 0.717) is 39.9 Å². The average Bonchev–Trinajstić information content (AvgIpc) is 2.47. The Morgan fingerprint density at radius 1 is 1.09 bits per heavy atom. The van der Waals surface area contributed by atoms with Crippen molar-refractivity contribution in [1.82, 2.24) is 0 Å². The van der Waals surface area contributed by atoms with Crippen molar-refractivity contribution in [1.29, 1.82) is 5.41 Å². The van der Waals surface area contributed by atoms with Gasteiger partial charge < -0.3 is 10.1 Å². The van der Waals surface area contributed by atoms with E-state index in [1.807, 2.05) is 19.9 Å². The summed E-state index contributed by atoms with van der Waals surface area (Å²) in [5.74, 6) is 0.230. The summed E-state index contributed by atoms with van der Waals surface area (Å²) in [5.41, 5.74) is 1.41. The van der Waals surface area contributed by atoms with Crippen LogP contribution in [-0.4, -0.2) is 11.7 Å². The van der Waals surface area contributed by atoms with Crippen LogP contribution in [0.2, 0.25) is 5.02 Å². The summed E-state index contributed by atoms with van der Waals surface area (Å²) in [4.78, 5) is 12.3. The molecule has 0 aliphatic carbocycles. The second kappa shape index (κ2) is 7.23. The van der Waals surface area contributed by atoms with Crippen LogP contribution in [0.1, 0.15) is 36.2 Å². The molecule has 0 amide bonds. The third-order valence-electron chi connectivity index (χ3n) is 3.12. The van der Waals surface area contributed by atoms with E-state index in [1.54, 1.807) is 42.5 Å². The SMILES string of the molecule is CC(C)CC(=N)c1ccccc1OC(=O)c1ccccc1Cl. The summed E-state index contributed by atoms with van der Waals surface area (Å²) >= 11 is 6.01. The molecule has 0 spiro atoms. The first kappa shape index (κ1) is 16.2. The lowest BCUT2D eigenvalue weighted by Gasteiger charge is -2.12. The summed E-state index contributed by atoms with van der Waals surface area (Å²) in [7, 11) is 0. The van der Waals surface area contributed by atoms with Gasteiger partial charge in [-0.2, -0.15) is 0 Å². The maximum Gasteiger partial charge on any atom is 0.345 e. The fourth-order valence-electron chi connectivity index (χ4n) is 2.10. The molecule has 0 aliphatic heterocycles. The van der Waals surface area contributed by atoms with E-state index < -0.39 is 5.97 Å². The molecule has 22 heavy (non-hydrogen) atoms. The number of benzene rings is 2. The molecule has 0 aliphatic rings. The summed E-state index contributed by atoms with van der Waals surface area (Å²) < 4.78 is 5.45. The van der Waals surface area contributed by atoms with Gasteiger partial charge >= 0.3 is 5.97 Å². The predicted molar refractivity (Wildman–Crippen MR) is 89.1 cm³/mol. The van der Waals surface area contributed by atoms with Crippen LogP contribution >= 0.6 is 11.6 Å². The fourth-order valence-corrected chi connectivity index (χ4v) is 2.32. The zero-order valence-electron chi connectivity index (χ0n) is 12.6. The molecule has 0 saturated heterocycles. The highest BCUT2D eigenvalue weighted by Gasteiger charge is 2.16. The zero-order valence-corrected chi connectivity index (χ0v) is 13.4. The molecule has 4 heteroatoms. The van der Waals surface area contributed by atoms with E-state index in [1.165, 1.54) is 0 Å². The Balaban J connectivity index is 2.25. The Morgan fingerprint density at radius 2 is 1.68 bits per heavy atom. The van der Waals surface area contributed by atoms with Crippen LogP contribution < -0.4 is 4.74 Å². The van der Waals surface area contributed by atoms with Gasteiger partial charge in [-0.15, -0.1) is 0 Å². The minimum Gasteiger partial charge on any atom is -0.422 e. The minimum atomic E-state index is -0.518. The summed E-state index contributed by atoms with van der Waals surface area (Å²) in [6.07, 6.45) is 0.626. The van der Waals surface area contributed by atoms with E-state index in [9.17, 15) is 4.79 Å². The van der Waals surface area contributed by atoms with Crippen LogP contribution in [0, 0.1) is 11.3 Å². The van der Waals surface area contributed by atoms with Gasteiger partial charge in [-0.3, -0.25) is 0 Å². The molecule has 3 nitrogen and oxygen atoms in total. The monoisotopic (exact) mass is 315 g/mol. The number of hydrogen-bond acceptors (Lipinski definition) is 3. The molecule has 2 aromatic carbocycles. The second-order valence-electron chi connectivity index (χ2n) is 5.44. The van der Waals surface area contributed by atoms with Gasteiger partial charge in [0.25, 0.3) is 0 Å². The quantitative estimate of drug-likeness (QED) is 0.481. The molecule has 0 aromatic heterocycles. The lowest BCUT2D eigenvalue weighted by Crippen LogP contribution is -2.13. The highest BCUT2D eigenvalue weighted by molar-refractivity contribution is 6.33. The van der Waals surface area contributed by atoms with Crippen LogP contribution in [0.25, 0.3) is 0 Å². The average molecular weight is 316 g/mol. The summed E-state index contributed by atoms with van der Waals surface area (Å²) in [6, 6.07) is 13.8. The van der Waals surface area contributed by atoms with Crippen LogP contribution in [-0.2, 0) is 0 Å². The van der Waals surface area contributed by atoms with Gasteiger partial charge in [0.2, 0.25) is 0 Å². The standard InChI is InChI=1S/C18H18ClNO2/c1-12(2)11-16(20)14-8-4-6-10-17(14)22-18(21)13-7-3-5-9-15(13)19/h3-10,12,20H,11H2,1-2H3. The van der Waals surface area contributed by atoms with E-state index in [4.69, 9.17) is 21.7 Å². The van der Waals surface area contributed by atoms with E-state index in [2.05, 4.69) is 0 Å². The maximum atomic E-state index is 12.3. The molecular formula is C18H18ClNO2. The maximum absolute atomic E-state index is 12.3. The number of ether oxygens (including phenoxy) is 1. The molecule has 0 radical (unpaired) electrons. The number of nitrogens with one attached hydrogen (secondary N) is 1. The van der Waals surface area contributed by atoms with Crippen molar-refractivity contribution >= 4 is 23.3 Å². The van der Waals surface area contributed by atoms with Crippen molar-refractivity contribution in [3.63, 3.8) is 0 Å². The van der Waals surface area contributed by atoms with Crippen molar-refractivity contribution in [3.8, 4) is 5.75 Å². The Bertz CT molecular complexity index is 695. The zero-order chi connectivity index (χ0) is 16.1. The Labute approximate surface area is 135 Å². The first-order valence-corrected chi connectivity index (χ1v) is 7.50. The van der Waals surface area contributed by atoms with Crippen molar-refractivity contribution < 1.29 is 9.53 Å². The topological polar surface area (TPSA) is 50.1 Å². The van der Waals surface area contributed by atoms with Crippen molar-refractivity contribution in [2.75, 3.05) is 0 Å². The molecule has 2 rings (SSSR count). The van der Waals surface area contributed by atoms with Crippen LogP contribution in [0.5, 0.6) is 5.75 Å². The largest absolute Gasteiger partial charge is 0.422 e. The van der Waals surface area contributed by atoms with Gasteiger partial charge in [-0.25, -0.2) is 4.79 Å². The number of para-hydroxylation sites is 1. The molecule has 2 aromatic rings. The van der Waals surface area contributed by atoms with Gasteiger partial charge in [0.15, 0.2) is 0 Å². The lowest BCUT2D eigenvalue weighted by atomic mass is 10.00. The number of esters is 1. The minimum absolute atomic E-state index is 0.314. The smallest absolute Gasteiger partial charge is 0.345 e. The Morgan fingerprint density at radius 3 is 2.32 bits per heavy atom. The number of carbonyl (C=O) groups is 1. The second-order valence-corrected chi connectivity index (χ2v) is 5.85. The van der Waals surface area contributed by atoms with E-state index in [-0.39, 0.29) is 0 Å². The van der Waals surface area contributed by atoms with Crippen molar-refractivity contribution in [2.24, 2.45) is 5.92 Å². The Hall–Kier alpha value is -2.13. The highest BCUT2D eigenvalue weighted by Crippen LogP contribution is 2.24. The summed E-state index contributed by atoms with van der Waals surface area (Å²) in [6.45, 7) is 4.10. The van der Waals surface area contributed by atoms with Crippen molar-refractivity contribution in [2.45, 2.75) is 20.3 Å². The van der Waals surface area contributed by atoms with E-state index in [0.717, 1.165) is 0 Å². The Kier molecular flexibility index (Phi) is 5.34. The predicted octanol–water partition coefficient (Wildman–Crippen LogP) is 4.97. The van der Waals surface area contributed by atoms with Gasteiger partial charge in [0.1, 0.15) is 5.75 Å². The number of halogens is 1. The number of hydrogen-bond donors (Lipinski definition) is 1. The van der Waals surface area contributed by atoms with Gasteiger partial charge in [0.05, 0.1) is 10.6 Å². The van der Waals surface area contributed by atoms with Gasteiger partial charge in [-0.1, -0.05) is 49.7 Å². The van der Waals surface area contributed by atoms with Gasteiger partial charge in [-0.05, 0) is 36.6 Å². The molecule has 0 bridgehead atoms. The number of carbonyl (C=O) groups excluding carboxylic acids is 1. The molecular weight excluding hydrogens is 298 g/mol. The first-order chi connectivity index (χ1) is 10.5. The highest BCUT2D eigenvalue weighted by atomic mass is 35.5. The molecule has 0 unspecified atom stereocenters. The van der Waals surface area contributed by atoms with Gasteiger partial charge in [0, 0.05) is 11.3 Å². The molecule has 0 saturated carbocycles. The fraction of sp³-hybridized carbons (Fsp3) is 0.222. The third kappa shape index (κ3) is 3.95. The molecule has 0 heterocycles. The molecule has 1 N–H and O–H groups in total. The molecule has 0 fully saturated rings. The molecule has 114 valence electrons. The van der Waals surface area contributed by atoms with Crippen LogP contribution in [0.4, 0.5) is 0 Å².